The summed E-state index contributed by atoms with van der Waals surface area (Å²) in [4.78, 5) is 27.3. The van der Waals surface area contributed by atoms with Gasteiger partial charge in [0.2, 0.25) is 0 Å². The van der Waals surface area contributed by atoms with Crippen LogP contribution in [0.25, 0.3) is 11.4 Å². The van der Waals surface area contributed by atoms with E-state index in [2.05, 4.69) is 27.4 Å². The second kappa shape index (κ2) is 9.37. The van der Waals surface area contributed by atoms with Gasteiger partial charge in [0.15, 0.2) is 5.82 Å². The highest BCUT2D eigenvalue weighted by Gasteiger charge is 2.48. The number of morpholine rings is 1. The molecule has 2 amide bonds. The van der Waals surface area contributed by atoms with Gasteiger partial charge in [-0.2, -0.15) is 0 Å². The molecule has 4 aliphatic rings. The van der Waals surface area contributed by atoms with E-state index < -0.39 is 0 Å². The lowest BCUT2D eigenvalue weighted by atomic mass is 9.94. The van der Waals surface area contributed by atoms with Crippen LogP contribution in [-0.4, -0.2) is 78.5 Å². The van der Waals surface area contributed by atoms with Crippen molar-refractivity contribution in [1.29, 1.82) is 0 Å². The molecule has 1 aromatic heterocycles. The van der Waals surface area contributed by atoms with Crippen molar-refractivity contribution >= 4 is 17.5 Å². The highest BCUT2D eigenvalue weighted by molar-refractivity contribution is 5.89. The van der Waals surface area contributed by atoms with Gasteiger partial charge in [-0.3, -0.25) is 4.90 Å². The molecule has 186 valence electrons. The fourth-order valence-corrected chi connectivity index (χ4v) is 6.00. The topological polar surface area (TPSA) is 91.9 Å². The number of fused-ring (bicyclic) bond motifs is 4. The van der Waals surface area contributed by atoms with Gasteiger partial charge in [0.1, 0.15) is 5.82 Å². The number of nitrogens with zero attached hydrogens (tertiary/aromatic N) is 4. The standard InChI is InChI=1S/C26H34N6O3/c1-3-27-26(33)28-18-6-4-17(5-7-18)24-29-21-12-19-8-9-22(32(19)20-14-35-15-20)23(21)25(30-24)31-10-11-34-13-16(31)2/h4-7,16,19-20,22H,3,8-15H2,1-2H3,(H2,27,28,33). The smallest absolute Gasteiger partial charge is 0.319 e. The Morgan fingerprint density at radius 2 is 1.91 bits per heavy atom. The Morgan fingerprint density at radius 3 is 2.63 bits per heavy atom. The molecule has 4 aliphatic heterocycles. The number of ether oxygens (including phenoxy) is 2. The van der Waals surface area contributed by atoms with Gasteiger partial charge in [0.05, 0.1) is 44.2 Å². The molecule has 1 aromatic carbocycles. The fraction of sp³-hybridized carbons (Fsp3) is 0.577. The largest absolute Gasteiger partial charge is 0.378 e. The zero-order valence-electron chi connectivity index (χ0n) is 20.5. The number of benzene rings is 1. The summed E-state index contributed by atoms with van der Waals surface area (Å²) in [5.74, 6) is 1.82. The molecule has 9 nitrogen and oxygen atoms in total. The molecule has 3 unspecified atom stereocenters. The minimum absolute atomic E-state index is 0.203. The Bertz CT molecular complexity index is 1090. The van der Waals surface area contributed by atoms with Gasteiger partial charge >= 0.3 is 6.03 Å². The minimum Gasteiger partial charge on any atom is -0.378 e. The quantitative estimate of drug-likeness (QED) is 0.683. The maximum atomic E-state index is 11.9. The first kappa shape index (κ1) is 22.7. The van der Waals surface area contributed by atoms with E-state index in [0.29, 0.717) is 37.9 Å². The summed E-state index contributed by atoms with van der Waals surface area (Å²) in [6, 6.07) is 9.27. The first-order valence-corrected chi connectivity index (χ1v) is 12.9. The summed E-state index contributed by atoms with van der Waals surface area (Å²) in [5.41, 5.74) is 4.21. The van der Waals surface area contributed by atoms with Crippen molar-refractivity contribution in [2.45, 2.75) is 57.3 Å². The monoisotopic (exact) mass is 478 g/mol. The van der Waals surface area contributed by atoms with Crippen molar-refractivity contribution in [3.63, 3.8) is 0 Å². The first-order valence-electron chi connectivity index (χ1n) is 12.9. The van der Waals surface area contributed by atoms with E-state index >= 15 is 0 Å². The molecular weight excluding hydrogens is 444 g/mol. The van der Waals surface area contributed by atoms with Gasteiger partial charge in [-0.05, 0) is 51.0 Å². The Labute approximate surface area is 206 Å². The molecule has 0 saturated carbocycles. The normalized spacial score (nSPS) is 26.2. The lowest BCUT2D eigenvalue weighted by Crippen LogP contribution is -2.54. The molecular formula is C26H34N6O3. The van der Waals surface area contributed by atoms with E-state index in [1.54, 1.807) is 0 Å². The zero-order chi connectivity index (χ0) is 23.9. The summed E-state index contributed by atoms with van der Waals surface area (Å²) < 4.78 is 11.3. The predicted molar refractivity (Wildman–Crippen MR) is 134 cm³/mol. The van der Waals surface area contributed by atoms with Gasteiger partial charge < -0.3 is 25.0 Å². The predicted octanol–water partition coefficient (Wildman–Crippen LogP) is 2.97. The van der Waals surface area contributed by atoms with Crippen LogP contribution < -0.4 is 15.5 Å². The number of urea groups is 1. The molecule has 9 heteroatoms. The number of hydrogen-bond acceptors (Lipinski definition) is 7. The number of nitrogens with one attached hydrogen (secondary N) is 2. The summed E-state index contributed by atoms with van der Waals surface area (Å²) in [7, 11) is 0. The Hall–Kier alpha value is -2.75. The molecule has 3 atom stereocenters. The van der Waals surface area contributed by atoms with Crippen molar-refractivity contribution < 1.29 is 14.3 Å². The summed E-state index contributed by atoms with van der Waals surface area (Å²) in [6.07, 6.45) is 3.31. The van der Waals surface area contributed by atoms with Gasteiger partial charge in [-0.1, -0.05) is 0 Å². The zero-order valence-corrected chi connectivity index (χ0v) is 20.5. The summed E-state index contributed by atoms with van der Waals surface area (Å²) in [5, 5.41) is 5.61. The number of aromatic nitrogens is 2. The molecule has 0 spiro atoms. The second-order valence-electron chi connectivity index (χ2n) is 10.00. The molecule has 0 radical (unpaired) electrons. The van der Waals surface area contributed by atoms with Gasteiger partial charge in [-0.25, -0.2) is 14.8 Å². The lowest BCUT2D eigenvalue weighted by Gasteiger charge is -2.46. The molecule has 2 N–H and O–H groups in total. The number of rotatable bonds is 5. The number of carbonyl (C=O) groups is 1. The van der Waals surface area contributed by atoms with Crippen LogP contribution >= 0.6 is 0 Å². The average Bonchev–Trinajstić information content (AvgIpc) is 3.10. The fourth-order valence-electron chi connectivity index (χ4n) is 6.00. The van der Waals surface area contributed by atoms with E-state index in [9.17, 15) is 4.79 Å². The van der Waals surface area contributed by atoms with Crippen LogP contribution in [0.3, 0.4) is 0 Å². The first-order chi connectivity index (χ1) is 17.1. The average molecular weight is 479 g/mol. The molecule has 6 rings (SSSR count). The maximum Gasteiger partial charge on any atom is 0.319 e. The molecule has 35 heavy (non-hydrogen) atoms. The lowest BCUT2D eigenvalue weighted by molar-refractivity contribution is -0.0857. The Kier molecular flexibility index (Phi) is 6.07. The van der Waals surface area contributed by atoms with Crippen LogP contribution in [0.1, 0.15) is 44.0 Å². The van der Waals surface area contributed by atoms with Gasteiger partial charge in [0.25, 0.3) is 0 Å². The van der Waals surface area contributed by atoms with Crippen molar-refractivity contribution in [2.75, 3.05) is 49.7 Å². The Balaban J connectivity index is 1.37. The van der Waals surface area contributed by atoms with E-state index in [1.807, 2.05) is 31.2 Å². The summed E-state index contributed by atoms with van der Waals surface area (Å²) >= 11 is 0. The summed E-state index contributed by atoms with van der Waals surface area (Å²) in [6.45, 7) is 8.63. The molecule has 2 bridgehead atoms. The Morgan fingerprint density at radius 1 is 1.09 bits per heavy atom. The molecule has 3 saturated heterocycles. The van der Waals surface area contributed by atoms with Crippen molar-refractivity contribution in [1.82, 2.24) is 20.2 Å². The van der Waals surface area contributed by atoms with E-state index in [4.69, 9.17) is 19.4 Å². The number of carbonyl (C=O) groups excluding carboxylic acids is 1. The van der Waals surface area contributed by atoms with Crippen LogP contribution in [0.4, 0.5) is 16.3 Å². The van der Waals surface area contributed by atoms with Crippen LogP contribution in [-0.2, 0) is 15.9 Å². The minimum atomic E-state index is -0.203. The second-order valence-corrected chi connectivity index (χ2v) is 10.00. The van der Waals surface area contributed by atoms with Crippen LogP contribution in [0.15, 0.2) is 24.3 Å². The van der Waals surface area contributed by atoms with Crippen molar-refractivity contribution in [3.8, 4) is 11.4 Å². The molecule has 3 fully saturated rings. The van der Waals surface area contributed by atoms with Crippen LogP contribution in [0, 0.1) is 0 Å². The van der Waals surface area contributed by atoms with Crippen LogP contribution in [0.5, 0.6) is 0 Å². The van der Waals surface area contributed by atoms with E-state index in [-0.39, 0.29) is 12.1 Å². The molecule has 2 aromatic rings. The SMILES string of the molecule is CCNC(=O)Nc1ccc(-c2nc3c(c(N4CCOCC4C)n2)C2CCC(C3)N2C2COC2)cc1. The van der Waals surface area contributed by atoms with Gasteiger partial charge in [-0.15, -0.1) is 0 Å². The number of hydrogen-bond donors (Lipinski definition) is 2. The van der Waals surface area contributed by atoms with E-state index in [1.165, 1.54) is 17.7 Å². The van der Waals surface area contributed by atoms with Crippen molar-refractivity contribution in [3.05, 3.63) is 35.5 Å². The third kappa shape index (κ3) is 4.15. The highest BCUT2D eigenvalue weighted by Crippen LogP contribution is 2.49. The molecule has 0 aliphatic carbocycles. The molecule has 5 heterocycles. The van der Waals surface area contributed by atoms with Crippen molar-refractivity contribution in [2.24, 2.45) is 0 Å². The maximum absolute atomic E-state index is 11.9. The number of amides is 2. The van der Waals surface area contributed by atoms with Gasteiger partial charge in [0, 0.05) is 48.4 Å². The third-order valence-corrected chi connectivity index (χ3v) is 7.74. The van der Waals surface area contributed by atoms with E-state index in [0.717, 1.165) is 55.5 Å². The highest BCUT2D eigenvalue weighted by atomic mass is 16.5. The number of anilines is 2. The van der Waals surface area contributed by atoms with Crippen LogP contribution in [0.2, 0.25) is 0 Å². The third-order valence-electron chi connectivity index (χ3n) is 7.74.